The Morgan fingerprint density at radius 1 is 1.67 bits per heavy atom. The Labute approximate surface area is 55.5 Å². The summed E-state index contributed by atoms with van der Waals surface area (Å²) >= 11 is 0. The van der Waals surface area contributed by atoms with Gasteiger partial charge in [-0.15, -0.1) is 0 Å². The summed E-state index contributed by atoms with van der Waals surface area (Å²) in [5.74, 6) is 0. The molecule has 1 atom stereocenters. The zero-order valence-corrected chi connectivity index (χ0v) is 5.83. The van der Waals surface area contributed by atoms with Crippen molar-refractivity contribution in [2.45, 2.75) is 19.4 Å². The van der Waals surface area contributed by atoms with Gasteiger partial charge in [-0.05, 0) is 12.5 Å². The molecule has 2 heteroatoms. The molecule has 0 N–H and O–H groups in total. The van der Waals surface area contributed by atoms with E-state index in [0.29, 0.717) is 0 Å². The fraction of sp³-hybridized carbons (Fsp3) is 0.571. The number of rotatable bonds is 4. The smallest absolute Gasteiger partial charge is 0.142 e. The maximum atomic E-state index is 9.80. The minimum atomic E-state index is 0.0928. The van der Waals surface area contributed by atoms with Gasteiger partial charge in [0.25, 0.3) is 0 Å². The maximum absolute atomic E-state index is 9.80. The molecule has 0 bridgehead atoms. The van der Waals surface area contributed by atoms with Crippen LogP contribution in [0.2, 0.25) is 0 Å². The van der Waals surface area contributed by atoms with Crippen molar-refractivity contribution in [3.05, 3.63) is 12.2 Å². The first-order valence-corrected chi connectivity index (χ1v) is 3.00. The molecule has 0 aromatic carbocycles. The molecule has 0 aromatic rings. The monoisotopic (exact) mass is 128 g/mol. The quantitative estimate of drug-likeness (QED) is 0.419. The summed E-state index contributed by atoms with van der Waals surface area (Å²) in [4.78, 5) is 9.80. The zero-order valence-electron chi connectivity index (χ0n) is 5.83. The van der Waals surface area contributed by atoms with Gasteiger partial charge in [-0.3, -0.25) is 4.79 Å². The molecule has 0 fully saturated rings. The molecule has 1 unspecified atom stereocenters. The molecule has 2 nitrogen and oxygen atoms in total. The molecule has 0 aliphatic rings. The van der Waals surface area contributed by atoms with Gasteiger partial charge in [0, 0.05) is 7.11 Å². The lowest BCUT2D eigenvalue weighted by Crippen LogP contribution is -2.03. The van der Waals surface area contributed by atoms with Gasteiger partial charge >= 0.3 is 0 Å². The van der Waals surface area contributed by atoms with E-state index in [0.717, 1.165) is 12.7 Å². The van der Waals surface area contributed by atoms with Crippen LogP contribution in [-0.4, -0.2) is 19.5 Å². The summed E-state index contributed by atoms with van der Waals surface area (Å²) < 4.78 is 4.96. The number of carbonyl (C=O) groups is 1. The van der Waals surface area contributed by atoms with Crippen LogP contribution in [-0.2, 0) is 9.53 Å². The Morgan fingerprint density at radius 2 is 2.33 bits per heavy atom. The second kappa shape index (κ2) is 5.51. The molecule has 0 aromatic heterocycles. The third-order valence-electron chi connectivity index (χ3n) is 1.11. The van der Waals surface area contributed by atoms with Gasteiger partial charge in [0.05, 0.1) is 6.10 Å². The van der Waals surface area contributed by atoms with Crippen molar-refractivity contribution in [3.8, 4) is 0 Å². The Morgan fingerprint density at radius 3 is 2.67 bits per heavy atom. The highest BCUT2D eigenvalue weighted by molar-refractivity contribution is 5.64. The topological polar surface area (TPSA) is 26.3 Å². The van der Waals surface area contributed by atoms with E-state index in [4.69, 9.17) is 4.74 Å². The van der Waals surface area contributed by atoms with Crippen molar-refractivity contribution in [2.75, 3.05) is 7.11 Å². The third kappa shape index (κ3) is 3.91. The van der Waals surface area contributed by atoms with Crippen LogP contribution in [0.1, 0.15) is 13.3 Å². The molecule has 0 amide bonds. The van der Waals surface area contributed by atoms with E-state index >= 15 is 0 Å². The molecule has 0 aliphatic heterocycles. The zero-order chi connectivity index (χ0) is 7.11. The lowest BCUT2D eigenvalue weighted by Gasteiger charge is -2.04. The van der Waals surface area contributed by atoms with E-state index in [9.17, 15) is 4.79 Å². The van der Waals surface area contributed by atoms with Crippen LogP contribution in [0.5, 0.6) is 0 Å². The highest BCUT2D eigenvalue weighted by Crippen LogP contribution is 1.95. The van der Waals surface area contributed by atoms with E-state index in [-0.39, 0.29) is 6.10 Å². The van der Waals surface area contributed by atoms with Crippen molar-refractivity contribution in [1.29, 1.82) is 0 Å². The van der Waals surface area contributed by atoms with Gasteiger partial charge in [-0.2, -0.15) is 0 Å². The summed E-state index contributed by atoms with van der Waals surface area (Å²) in [5, 5.41) is 0. The molecule has 0 rings (SSSR count). The first-order valence-electron chi connectivity index (χ1n) is 3.00. The summed E-state index contributed by atoms with van der Waals surface area (Å²) in [6.07, 6.45) is 4.95. The fourth-order valence-corrected chi connectivity index (χ4v) is 0.551. The summed E-state index contributed by atoms with van der Waals surface area (Å²) in [6, 6.07) is 0. The Kier molecular flexibility index (Phi) is 5.12. The predicted octanol–water partition coefficient (Wildman–Crippen LogP) is 1.17. The first-order chi connectivity index (χ1) is 4.35. The first kappa shape index (κ1) is 8.37. The predicted molar refractivity (Wildman–Crippen MR) is 36.3 cm³/mol. The van der Waals surface area contributed by atoms with Crippen molar-refractivity contribution >= 4 is 6.29 Å². The van der Waals surface area contributed by atoms with Crippen LogP contribution in [0.3, 0.4) is 0 Å². The fourth-order valence-electron chi connectivity index (χ4n) is 0.551. The van der Waals surface area contributed by atoms with Gasteiger partial charge < -0.3 is 4.74 Å². The van der Waals surface area contributed by atoms with E-state index in [1.807, 2.05) is 6.92 Å². The largest absolute Gasteiger partial charge is 0.377 e. The van der Waals surface area contributed by atoms with Crippen LogP contribution in [0.4, 0.5) is 0 Å². The van der Waals surface area contributed by atoms with E-state index < -0.39 is 0 Å². The summed E-state index contributed by atoms with van der Waals surface area (Å²) in [5.41, 5.74) is 0. The third-order valence-corrected chi connectivity index (χ3v) is 1.11. The number of aldehydes is 1. The number of hydrogen-bond donors (Lipinski definition) is 0. The Bertz CT molecular complexity index is 93.1. The van der Waals surface area contributed by atoms with Crippen molar-refractivity contribution in [2.24, 2.45) is 0 Å². The number of allylic oxidation sites excluding steroid dienone is 1. The summed E-state index contributed by atoms with van der Waals surface area (Å²) in [6.45, 7) is 2.00. The Balaban J connectivity index is 3.53. The summed E-state index contributed by atoms with van der Waals surface area (Å²) in [7, 11) is 1.63. The van der Waals surface area contributed by atoms with Crippen LogP contribution in [0.25, 0.3) is 0 Å². The molecule has 9 heavy (non-hydrogen) atoms. The lowest BCUT2D eigenvalue weighted by molar-refractivity contribution is -0.104. The number of methoxy groups -OCH3 is 1. The highest BCUT2D eigenvalue weighted by Gasteiger charge is 1.94. The van der Waals surface area contributed by atoms with Gasteiger partial charge in [-0.1, -0.05) is 13.0 Å². The average Bonchev–Trinajstić information content (AvgIpc) is 1.91. The number of hydrogen-bond acceptors (Lipinski definition) is 2. The van der Waals surface area contributed by atoms with Crippen molar-refractivity contribution in [3.63, 3.8) is 0 Å². The van der Waals surface area contributed by atoms with Crippen LogP contribution >= 0.6 is 0 Å². The Hall–Kier alpha value is -0.630. The van der Waals surface area contributed by atoms with Crippen LogP contribution in [0, 0.1) is 0 Å². The van der Waals surface area contributed by atoms with Crippen LogP contribution < -0.4 is 0 Å². The van der Waals surface area contributed by atoms with Gasteiger partial charge in [0.2, 0.25) is 0 Å². The van der Waals surface area contributed by atoms with Crippen molar-refractivity contribution < 1.29 is 9.53 Å². The molecule has 0 saturated carbocycles. The molecular weight excluding hydrogens is 116 g/mol. The molecule has 0 spiro atoms. The van der Waals surface area contributed by atoms with E-state index in [1.165, 1.54) is 6.08 Å². The number of carbonyl (C=O) groups excluding carboxylic acids is 1. The van der Waals surface area contributed by atoms with Gasteiger partial charge in [0.15, 0.2) is 0 Å². The molecular formula is C7H12O2. The normalized spacial score (nSPS) is 14.0. The SMILES string of the molecule is CCC(/C=C/C=O)OC. The van der Waals surface area contributed by atoms with Gasteiger partial charge in [0.1, 0.15) is 6.29 Å². The molecule has 52 valence electrons. The van der Waals surface area contributed by atoms with Gasteiger partial charge in [-0.25, -0.2) is 0 Å². The van der Waals surface area contributed by atoms with E-state index in [2.05, 4.69) is 0 Å². The highest BCUT2D eigenvalue weighted by atomic mass is 16.5. The second-order valence-electron chi connectivity index (χ2n) is 1.70. The second-order valence-corrected chi connectivity index (χ2v) is 1.70. The molecule has 0 aliphatic carbocycles. The standard InChI is InChI=1S/C7H12O2/c1-3-7(9-2)5-4-6-8/h4-7H,3H2,1-2H3/b5-4+. The minimum absolute atomic E-state index is 0.0928. The molecule has 0 heterocycles. The number of ether oxygens (including phenoxy) is 1. The average molecular weight is 128 g/mol. The van der Waals surface area contributed by atoms with E-state index in [1.54, 1.807) is 13.2 Å². The van der Waals surface area contributed by atoms with Crippen LogP contribution in [0.15, 0.2) is 12.2 Å². The molecule has 0 radical (unpaired) electrons. The van der Waals surface area contributed by atoms with Crippen molar-refractivity contribution in [1.82, 2.24) is 0 Å². The maximum Gasteiger partial charge on any atom is 0.142 e. The minimum Gasteiger partial charge on any atom is -0.377 e. The molecule has 0 saturated heterocycles. The lowest BCUT2D eigenvalue weighted by atomic mass is 10.2.